The molecule has 5 nitrogen and oxygen atoms in total. The number of hydrogen-bond acceptors (Lipinski definition) is 4. The number of carbonyl (C=O) groups excluding carboxylic acids is 1. The van der Waals surface area contributed by atoms with Gasteiger partial charge in [-0.25, -0.2) is 0 Å². The standard InChI is InChI=1S/C25H40N2O3/c1-3-18-30-25(14-7-9-21(2)20-25)24(28)26-22-10-12-23(13-11-22)29-19-8-17-27-15-5-4-6-16-27/h10-13,21H,3-9,14-20H2,1-2H3,(H,26,28)/t21-,25+/m0/s1. The summed E-state index contributed by atoms with van der Waals surface area (Å²) < 4.78 is 12.0. The normalized spacial score (nSPS) is 25.1. The number of piperidine rings is 1. The number of anilines is 1. The van der Waals surface area contributed by atoms with Gasteiger partial charge in [-0.3, -0.25) is 4.79 Å². The molecule has 1 saturated heterocycles. The first-order valence-corrected chi connectivity index (χ1v) is 12.0. The molecule has 168 valence electrons. The van der Waals surface area contributed by atoms with E-state index in [1.54, 1.807) is 0 Å². The van der Waals surface area contributed by atoms with Crippen molar-refractivity contribution in [2.45, 2.75) is 77.2 Å². The molecule has 0 unspecified atom stereocenters. The van der Waals surface area contributed by atoms with Gasteiger partial charge in [0, 0.05) is 18.8 Å². The molecule has 1 amide bonds. The van der Waals surface area contributed by atoms with Crippen LogP contribution >= 0.6 is 0 Å². The number of nitrogens with one attached hydrogen (secondary N) is 1. The van der Waals surface area contributed by atoms with Gasteiger partial charge in [0.1, 0.15) is 11.4 Å². The van der Waals surface area contributed by atoms with Gasteiger partial charge < -0.3 is 19.7 Å². The SMILES string of the molecule is CCCO[C@]1(C(=O)Nc2ccc(OCCCN3CCCCC3)cc2)CCC[C@H](C)C1. The fourth-order valence-corrected chi connectivity index (χ4v) is 4.74. The fraction of sp³-hybridized carbons (Fsp3) is 0.720. The highest BCUT2D eigenvalue weighted by atomic mass is 16.5. The summed E-state index contributed by atoms with van der Waals surface area (Å²) in [5, 5.41) is 3.09. The van der Waals surface area contributed by atoms with Gasteiger partial charge in [-0.05, 0) is 88.2 Å². The van der Waals surface area contributed by atoms with Crippen LogP contribution in [0, 0.1) is 5.92 Å². The third kappa shape index (κ3) is 6.71. The zero-order valence-corrected chi connectivity index (χ0v) is 19.0. The highest BCUT2D eigenvalue weighted by Crippen LogP contribution is 2.36. The molecule has 30 heavy (non-hydrogen) atoms. The quantitative estimate of drug-likeness (QED) is 0.529. The Balaban J connectivity index is 1.46. The molecule has 1 saturated carbocycles. The lowest BCUT2D eigenvalue weighted by Crippen LogP contribution is -2.48. The molecule has 2 aliphatic rings. The second kappa shape index (κ2) is 11.7. The van der Waals surface area contributed by atoms with Gasteiger partial charge in [-0.15, -0.1) is 0 Å². The van der Waals surface area contributed by atoms with Crippen LogP contribution in [0.3, 0.4) is 0 Å². The van der Waals surface area contributed by atoms with E-state index in [0.717, 1.165) is 56.7 Å². The van der Waals surface area contributed by atoms with Crippen molar-refractivity contribution in [3.05, 3.63) is 24.3 Å². The number of nitrogens with zero attached hydrogens (tertiary/aromatic N) is 1. The molecule has 5 heteroatoms. The zero-order chi connectivity index (χ0) is 21.2. The first kappa shape index (κ1) is 23.1. The Morgan fingerprint density at radius 3 is 2.60 bits per heavy atom. The van der Waals surface area contributed by atoms with Gasteiger partial charge in [0.25, 0.3) is 5.91 Å². The number of hydrogen-bond donors (Lipinski definition) is 1. The first-order valence-electron chi connectivity index (χ1n) is 12.0. The first-order chi connectivity index (χ1) is 14.6. The summed E-state index contributed by atoms with van der Waals surface area (Å²) in [5.74, 6) is 1.37. The zero-order valence-electron chi connectivity index (χ0n) is 19.0. The molecular formula is C25H40N2O3. The molecule has 1 aliphatic carbocycles. The summed E-state index contributed by atoms with van der Waals surface area (Å²) >= 11 is 0. The minimum absolute atomic E-state index is 0.00213. The summed E-state index contributed by atoms with van der Waals surface area (Å²) in [7, 11) is 0. The van der Waals surface area contributed by atoms with Gasteiger partial charge in [0.05, 0.1) is 6.61 Å². The van der Waals surface area contributed by atoms with E-state index in [-0.39, 0.29) is 5.91 Å². The van der Waals surface area contributed by atoms with Crippen LogP contribution < -0.4 is 10.1 Å². The summed E-state index contributed by atoms with van der Waals surface area (Å²) in [6.45, 7) is 9.25. The Bertz CT molecular complexity index is 642. The average Bonchev–Trinajstić information content (AvgIpc) is 2.77. The highest BCUT2D eigenvalue weighted by molar-refractivity contribution is 5.97. The van der Waals surface area contributed by atoms with E-state index in [1.165, 1.54) is 38.8 Å². The fourth-order valence-electron chi connectivity index (χ4n) is 4.74. The predicted molar refractivity (Wildman–Crippen MR) is 122 cm³/mol. The maximum absolute atomic E-state index is 13.1. The topological polar surface area (TPSA) is 50.8 Å². The molecule has 1 aliphatic heterocycles. The van der Waals surface area contributed by atoms with Crippen molar-refractivity contribution in [2.75, 3.05) is 38.2 Å². The lowest BCUT2D eigenvalue weighted by molar-refractivity contribution is -0.148. The van der Waals surface area contributed by atoms with E-state index in [0.29, 0.717) is 12.5 Å². The minimum atomic E-state index is -0.683. The van der Waals surface area contributed by atoms with E-state index < -0.39 is 5.60 Å². The van der Waals surface area contributed by atoms with Crippen molar-refractivity contribution in [3.8, 4) is 5.75 Å². The molecule has 1 N–H and O–H groups in total. The Morgan fingerprint density at radius 1 is 1.13 bits per heavy atom. The van der Waals surface area contributed by atoms with Crippen molar-refractivity contribution in [1.82, 2.24) is 4.90 Å². The summed E-state index contributed by atoms with van der Waals surface area (Å²) in [6, 6.07) is 7.74. The highest BCUT2D eigenvalue weighted by Gasteiger charge is 2.42. The van der Waals surface area contributed by atoms with E-state index in [1.807, 2.05) is 24.3 Å². The van der Waals surface area contributed by atoms with Crippen LogP contribution in [-0.4, -0.2) is 49.3 Å². The molecule has 2 atom stereocenters. The average molecular weight is 417 g/mol. The largest absolute Gasteiger partial charge is 0.494 e. The van der Waals surface area contributed by atoms with Crippen LogP contribution in [0.2, 0.25) is 0 Å². The van der Waals surface area contributed by atoms with Crippen molar-refractivity contribution in [3.63, 3.8) is 0 Å². The molecule has 1 aromatic rings. The summed E-state index contributed by atoms with van der Waals surface area (Å²) in [5.41, 5.74) is 0.121. The molecular weight excluding hydrogens is 376 g/mol. The number of likely N-dealkylation sites (tertiary alicyclic amines) is 1. The lowest BCUT2D eigenvalue weighted by atomic mass is 9.78. The van der Waals surface area contributed by atoms with Gasteiger partial charge in [0.15, 0.2) is 0 Å². The van der Waals surface area contributed by atoms with Crippen LogP contribution in [-0.2, 0) is 9.53 Å². The number of carbonyl (C=O) groups is 1. The van der Waals surface area contributed by atoms with E-state index in [4.69, 9.17) is 9.47 Å². The minimum Gasteiger partial charge on any atom is -0.494 e. The van der Waals surface area contributed by atoms with Crippen molar-refractivity contribution in [2.24, 2.45) is 5.92 Å². The van der Waals surface area contributed by atoms with Crippen LogP contribution in [0.1, 0.15) is 71.6 Å². The molecule has 0 bridgehead atoms. The second-order valence-corrected chi connectivity index (χ2v) is 9.13. The Hall–Kier alpha value is -1.59. The Morgan fingerprint density at radius 2 is 1.90 bits per heavy atom. The van der Waals surface area contributed by atoms with Crippen LogP contribution in [0.4, 0.5) is 5.69 Å². The van der Waals surface area contributed by atoms with Gasteiger partial charge >= 0.3 is 0 Å². The maximum Gasteiger partial charge on any atom is 0.256 e. The maximum atomic E-state index is 13.1. The van der Waals surface area contributed by atoms with Crippen molar-refractivity contribution < 1.29 is 14.3 Å². The number of benzene rings is 1. The van der Waals surface area contributed by atoms with Crippen LogP contribution in [0.5, 0.6) is 5.75 Å². The van der Waals surface area contributed by atoms with Gasteiger partial charge in [-0.1, -0.05) is 26.7 Å². The van der Waals surface area contributed by atoms with E-state index in [2.05, 4.69) is 24.1 Å². The van der Waals surface area contributed by atoms with Gasteiger partial charge in [0.2, 0.25) is 0 Å². The Labute approximate surface area is 182 Å². The Kier molecular flexibility index (Phi) is 9.01. The van der Waals surface area contributed by atoms with Crippen molar-refractivity contribution >= 4 is 11.6 Å². The molecule has 3 rings (SSSR count). The number of ether oxygens (including phenoxy) is 2. The van der Waals surface area contributed by atoms with Crippen LogP contribution in [0.25, 0.3) is 0 Å². The molecule has 2 fully saturated rings. The predicted octanol–water partition coefficient (Wildman–Crippen LogP) is 5.26. The van der Waals surface area contributed by atoms with Gasteiger partial charge in [-0.2, -0.15) is 0 Å². The van der Waals surface area contributed by atoms with E-state index in [9.17, 15) is 4.79 Å². The second-order valence-electron chi connectivity index (χ2n) is 9.13. The molecule has 0 aromatic heterocycles. The summed E-state index contributed by atoms with van der Waals surface area (Å²) in [6.07, 6.45) is 9.84. The summed E-state index contributed by atoms with van der Waals surface area (Å²) in [4.78, 5) is 15.7. The molecule has 1 heterocycles. The van der Waals surface area contributed by atoms with Crippen LogP contribution in [0.15, 0.2) is 24.3 Å². The third-order valence-electron chi connectivity index (χ3n) is 6.40. The van der Waals surface area contributed by atoms with E-state index >= 15 is 0 Å². The smallest absolute Gasteiger partial charge is 0.256 e. The molecule has 0 spiro atoms. The van der Waals surface area contributed by atoms with Crippen molar-refractivity contribution in [1.29, 1.82) is 0 Å². The number of rotatable bonds is 10. The molecule has 1 aromatic carbocycles. The molecule has 0 radical (unpaired) electrons. The third-order valence-corrected chi connectivity index (χ3v) is 6.40. The lowest BCUT2D eigenvalue weighted by Gasteiger charge is -2.38. The number of amides is 1. The monoisotopic (exact) mass is 416 g/mol.